The molecule has 1 unspecified atom stereocenters. The first-order valence-electron chi connectivity index (χ1n) is 7.99. The van der Waals surface area contributed by atoms with Crippen molar-refractivity contribution in [1.29, 1.82) is 0 Å². The van der Waals surface area contributed by atoms with Crippen molar-refractivity contribution in [2.75, 3.05) is 13.1 Å². The number of thiophene rings is 1. The van der Waals surface area contributed by atoms with E-state index in [9.17, 15) is 9.59 Å². The van der Waals surface area contributed by atoms with Crippen molar-refractivity contribution >= 4 is 34.8 Å². The lowest BCUT2D eigenvalue weighted by atomic mass is 9.98. The molecule has 2 aromatic rings. The molecule has 4 nitrogen and oxygen atoms in total. The number of benzene rings is 1. The van der Waals surface area contributed by atoms with Crippen LogP contribution in [0.1, 0.15) is 40.2 Å². The molecule has 0 saturated heterocycles. The van der Waals surface area contributed by atoms with E-state index in [1.807, 2.05) is 4.90 Å². The van der Waals surface area contributed by atoms with Crippen LogP contribution >= 0.6 is 22.9 Å². The van der Waals surface area contributed by atoms with Gasteiger partial charge in [0, 0.05) is 22.0 Å². The van der Waals surface area contributed by atoms with Crippen LogP contribution in [0.3, 0.4) is 0 Å². The topological polar surface area (TPSA) is 49.4 Å². The van der Waals surface area contributed by atoms with Gasteiger partial charge < -0.3 is 10.2 Å². The summed E-state index contributed by atoms with van der Waals surface area (Å²) in [5.74, 6) is -0.303. The Labute approximate surface area is 150 Å². The Morgan fingerprint density at radius 2 is 2.04 bits per heavy atom. The molecule has 2 amide bonds. The van der Waals surface area contributed by atoms with Gasteiger partial charge in [0.25, 0.3) is 5.91 Å². The molecule has 3 rings (SSSR count). The standard InChI is InChI=1S/C18H19ClN2O2S/c1-2-15-14-8-10-24-16(14)7-9-21(15)17(22)11-20-18(23)12-3-5-13(19)6-4-12/h3-6,8,10,15H,2,7,9,11H2,1H3,(H,20,23). The average molecular weight is 363 g/mol. The van der Waals surface area contributed by atoms with Gasteiger partial charge in [-0.1, -0.05) is 18.5 Å². The molecule has 0 radical (unpaired) electrons. The molecule has 2 heterocycles. The molecule has 1 aliphatic heterocycles. The zero-order valence-corrected chi connectivity index (χ0v) is 15.0. The Morgan fingerprint density at radius 1 is 1.29 bits per heavy atom. The van der Waals surface area contributed by atoms with Crippen LogP contribution in [0.4, 0.5) is 0 Å². The number of carbonyl (C=O) groups is 2. The highest BCUT2D eigenvalue weighted by Gasteiger charge is 2.30. The van der Waals surface area contributed by atoms with E-state index in [0.717, 1.165) is 12.8 Å². The predicted octanol–water partition coefficient (Wildman–Crippen LogP) is 3.67. The lowest BCUT2D eigenvalue weighted by Gasteiger charge is -2.35. The molecule has 1 atom stereocenters. The molecule has 0 saturated carbocycles. The highest BCUT2D eigenvalue weighted by Crippen LogP contribution is 2.35. The van der Waals surface area contributed by atoms with Crippen LogP contribution in [0.15, 0.2) is 35.7 Å². The number of hydrogen-bond donors (Lipinski definition) is 1. The van der Waals surface area contributed by atoms with E-state index < -0.39 is 0 Å². The van der Waals surface area contributed by atoms with E-state index in [1.54, 1.807) is 35.6 Å². The van der Waals surface area contributed by atoms with Crippen LogP contribution in [0, 0.1) is 0 Å². The maximum Gasteiger partial charge on any atom is 0.251 e. The normalized spacial score (nSPS) is 16.6. The van der Waals surface area contributed by atoms with Gasteiger partial charge in [0.2, 0.25) is 5.91 Å². The molecule has 1 aliphatic rings. The summed E-state index contributed by atoms with van der Waals surface area (Å²) >= 11 is 7.57. The lowest BCUT2D eigenvalue weighted by Crippen LogP contribution is -2.44. The first kappa shape index (κ1) is 17.0. The molecule has 6 heteroatoms. The van der Waals surface area contributed by atoms with E-state index in [2.05, 4.69) is 23.7 Å². The predicted molar refractivity (Wildman–Crippen MR) is 96.6 cm³/mol. The van der Waals surface area contributed by atoms with E-state index >= 15 is 0 Å². The second kappa shape index (κ2) is 7.36. The summed E-state index contributed by atoms with van der Waals surface area (Å²) in [6.45, 7) is 2.81. The fourth-order valence-corrected chi connectivity index (χ4v) is 4.15. The zero-order chi connectivity index (χ0) is 17.1. The monoisotopic (exact) mass is 362 g/mol. The molecule has 1 N–H and O–H groups in total. The van der Waals surface area contributed by atoms with E-state index in [-0.39, 0.29) is 24.4 Å². The van der Waals surface area contributed by atoms with Gasteiger partial charge in [0.05, 0.1) is 12.6 Å². The smallest absolute Gasteiger partial charge is 0.251 e. The molecule has 0 spiro atoms. The van der Waals surface area contributed by atoms with Crippen molar-refractivity contribution in [3.8, 4) is 0 Å². The number of halogens is 1. The molecule has 0 fully saturated rings. The van der Waals surface area contributed by atoms with Crippen molar-refractivity contribution in [1.82, 2.24) is 10.2 Å². The van der Waals surface area contributed by atoms with Crippen LogP contribution in [0.25, 0.3) is 0 Å². The number of hydrogen-bond acceptors (Lipinski definition) is 3. The number of fused-ring (bicyclic) bond motifs is 1. The van der Waals surface area contributed by atoms with Crippen molar-refractivity contribution in [3.05, 3.63) is 56.7 Å². The van der Waals surface area contributed by atoms with E-state index in [0.29, 0.717) is 17.1 Å². The molecule has 1 aromatic heterocycles. The summed E-state index contributed by atoms with van der Waals surface area (Å²) in [6.07, 6.45) is 1.76. The highest BCUT2D eigenvalue weighted by atomic mass is 35.5. The Kier molecular flexibility index (Phi) is 5.21. The Hall–Kier alpha value is -1.85. The maximum atomic E-state index is 12.6. The Morgan fingerprint density at radius 3 is 2.75 bits per heavy atom. The highest BCUT2D eigenvalue weighted by molar-refractivity contribution is 7.10. The van der Waals surface area contributed by atoms with Gasteiger partial charge in [-0.2, -0.15) is 0 Å². The van der Waals surface area contributed by atoms with Crippen LogP contribution in [0.2, 0.25) is 5.02 Å². The van der Waals surface area contributed by atoms with Gasteiger partial charge >= 0.3 is 0 Å². The molecule has 126 valence electrons. The second-order valence-corrected chi connectivity index (χ2v) is 7.19. The second-order valence-electron chi connectivity index (χ2n) is 5.75. The molecule has 0 aliphatic carbocycles. The fourth-order valence-electron chi connectivity index (χ4n) is 3.10. The Balaban J connectivity index is 1.63. The fraction of sp³-hybridized carbons (Fsp3) is 0.333. The number of amides is 2. The van der Waals surface area contributed by atoms with Gasteiger partial charge in [-0.15, -0.1) is 11.3 Å². The van der Waals surface area contributed by atoms with Crippen molar-refractivity contribution in [2.24, 2.45) is 0 Å². The Bertz CT molecular complexity index is 742. The van der Waals surface area contributed by atoms with Gasteiger partial charge in [0.15, 0.2) is 0 Å². The SMILES string of the molecule is CCC1c2ccsc2CCN1C(=O)CNC(=O)c1ccc(Cl)cc1. The molecule has 1 aromatic carbocycles. The van der Waals surface area contributed by atoms with Crippen molar-refractivity contribution < 1.29 is 9.59 Å². The first-order valence-corrected chi connectivity index (χ1v) is 9.25. The number of nitrogens with zero attached hydrogens (tertiary/aromatic N) is 1. The van der Waals surface area contributed by atoms with Gasteiger partial charge in [-0.05, 0) is 54.1 Å². The van der Waals surface area contributed by atoms with Crippen LogP contribution in [0.5, 0.6) is 0 Å². The van der Waals surface area contributed by atoms with Crippen LogP contribution in [-0.2, 0) is 11.2 Å². The van der Waals surface area contributed by atoms with E-state index in [1.165, 1.54) is 10.4 Å². The summed E-state index contributed by atoms with van der Waals surface area (Å²) in [6, 6.07) is 8.84. The average Bonchev–Trinajstić information content (AvgIpc) is 3.07. The minimum Gasteiger partial charge on any atom is -0.343 e. The maximum absolute atomic E-state index is 12.6. The first-order chi connectivity index (χ1) is 11.6. The lowest BCUT2D eigenvalue weighted by molar-refractivity contribution is -0.133. The summed E-state index contributed by atoms with van der Waals surface area (Å²) in [7, 11) is 0. The van der Waals surface area contributed by atoms with Crippen LogP contribution in [-0.4, -0.2) is 29.8 Å². The number of carbonyl (C=O) groups excluding carboxylic acids is 2. The minimum absolute atomic E-state index is 0.0113. The summed E-state index contributed by atoms with van der Waals surface area (Å²) in [4.78, 5) is 28.0. The largest absolute Gasteiger partial charge is 0.343 e. The van der Waals surface area contributed by atoms with Gasteiger partial charge in [0.1, 0.15) is 0 Å². The minimum atomic E-state index is -0.263. The van der Waals surface area contributed by atoms with Crippen molar-refractivity contribution in [3.63, 3.8) is 0 Å². The third-order valence-electron chi connectivity index (χ3n) is 4.31. The third-order valence-corrected chi connectivity index (χ3v) is 5.56. The number of rotatable bonds is 4. The van der Waals surface area contributed by atoms with Gasteiger partial charge in [-0.3, -0.25) is 9.59 Å². The van der Waals surface area contributed by atoms with Gasteiger partial charge in [-0.25, -0.2) is 0 Å². The van der Waals surface area contributed by atoms with E-state index in [4.69, 9.17) is 11.6 Å². The quantitative estimate of drug-likeness (QED) is 0.902. The molecular weight excluding hydrogens is 344 g/mol. The van der Waals surface area contributed by atoms with Crippen LogP contribution < -0.4 is 5.32 Å². The summed E-state index contributed by atoms with van der Waals surface area (Å²) in [5, 5.41) is 5.37. The molecular formula is C18H19ClN2O2S. The summed E-state index contributed by atoms with van der Waals surface area (Å²) < 4.78 is 0. The van der Waals surface area contributed by atoms with Crippen molar-refractivity contribution in [2.45, 2.75) is 25.8 Å². The molecule has 24 heavy (non-hydrogen) atoms. The zero-order valence-electron chi connectivity index (χ0n) is 13.4. The molecule has 0 bridgehead atoms. The summed E-state index contributed by atoms with van der Waals surface area (Å²) in [5.41, 5.74) is 1.75. The third kappa shape index (κ3) is 3.47. The number of nitrogens with one attached hydrogen (secondary N) is 1.